The number of fused-ring (bicyclic) bond motifs is 1. The molecule has 2 aromatic carbocycles. The second-order valence-electron chi connectivity index (χ2n) is 7.30. The maximum Gasteiger partial charge on any atom is 0.203 e. The van der Waals surface area contributed by atoms with Crippen molar-refractivity contribution in [2.24, 2.45) is 0 Å². The third-order valence-electron chi connectivity index (χ3n) is 5.65. The van der Waals surface area contributed by atoms with Gasteiger partial charge in [0.1, 0.15) is 11.3 Å². The van der Waals surface area contributed by atoms with Gasteiger partial charge in [-0.05, 0) is 61.8 Å². The molecule has 3 aromatic rings. The largest absolute Gasteiger partial charge is 0.505 e. The average molecular weight is 429 g/mol. The van der Waals surface area contributed by atoms with Crippen LogP contribution in [0.15, 0.2) is 36.5 Å². The van der Waals surface area contributed by atoms with Crippen molar-refractivity contribution in [3.8, 4) is 23.0 Å². The first kappa shape index (κ1) is 20.6. The predicted octanol–water partition coefficient (Wildman–Crippen LogP) is 4.80. The minimum absolute atomic E-state index is 0.139. The number of halogens is 1. The number of aromatic hydroxyl groups is 1. The van der Waals surface area contributed by atoms with E-state index in [1.165, 1.54) is 0 Å². The Kier molecular flexibility index (Phi) is 5.88. The van der Waals surface area contributed by atoms with Gasteiger partial charge in [0, 0.05) is 17.1 Å². The van der Waals surface area contributed by atoms with Gasteiger partial charge < -0.3 is 19.3 Å². The van der Waals surface area contributed by atoms with Crippen LogP contribution in [0.25, 0.3) is 10.9 Å². The molecule has 158 valence electrons. The summed E-state index contributed by atoms with van der Waals surface area (Å²) in [5, 5.41) is 12.5. The predicted molar refractivity (Wildman–Crippen MR) is 117 cm³/mol. The molecule has 1 aliphatic heterocycles. The molecule has 0 amide bonds. The Morgan fingerprint density at radius 1 is 1.03 bits per heavy atom. The number of hydrogen-bond acceptors (Lipinski definition) is 6. The van der Waals surface area contributed by atoms with Crippen LogP contribution < -0.4 is 14.2 Å². The smallest absolute Gasteiger partial charge is 0.203 e. The van der Waals surface area contributed by atoms with Crippen LogP contribution >= 0.6 is 11.6 Å². The number of likely N-dealkylation sites (tertiary alicyclic amines) is 1. The normalized spacial score (nSPS) is 15.3. The van der Waals surface area contributed by atoms with Crippen LogP contribution in [0.3, 0.4) is 0 Å². The van der Waals surface area contributed by atoms with E-state index in [9.17, 15) is 5.11 Å². The van der Waals surface area contributed by atoms with Crippen molar-refractivity contribution in [1.82, 2.24) is 9.88 Å². The SMILES string of the molecule is COc1cc([C@@H](c2cc(Cl)c3cccnc3c2O)N2CCCC2)cc(OC)c1OC. The highest BCUT2D eigenvalue weighted by Gasteiger charge is 2.30. The molecule has 1 fully saturated rings. The lowest BCUT2D eigenvalue weighted by atomic mass is 9.94. The third-order valence-corrected chi connectivity index (χ3v) is 5.96. The van der Waals surface area contributed by atoms with Crippen LogP contribution in [0, 0.1) is 0 Å². The van der Waals surface area contributed by atoms with Crippen molar-refractivity contribution in [2.75, 3.05) is 34.4 Å². The van der Waals surface area contributed by atoms with Gasteiger partial charge in [0.25, 0.3) is 0 Å². The summed E-state index contributed by atoms with van der Waals surface area (Å²) in [7, 11) is 4.78. The molecule has 4 rings (SSSR count). The molecular formula is C23H25ClN2O4. The van der Waals surface area contributed by atoms with Crippen molar-refractivity contribution in [3.05, 3.63) is 52.7 Å². The summed E-state index contributed by atoms with van der Waals surface area (Å²) in [6.07, 6.45) is 3.86. The van der Waals surface area contributed by atoms with Crippen LogP contribution in [0.4, 0.5) is 0 Å². The number of phenolic OH excluding ortho intramolecular Hbond substituents is 1. The number of methoxy groups -OCH3 is 3. The Morgan fingerprint density at radius 3 is 2.30 bits per heavy atom. The number of pyridine rings is 1. The summed E-state index contributed by atoms with van der Waals surface area (Å²) in [4.78, 5) is 6.71. The van der Waals surface area contributed by atoms with Gasteiger partial charge in [-0.25, -0.2) is 0 Å². The molecule has 0 spiro atoms. The summed E-state index contributed by atoms with van der Waals surface area (Å²) in [6, 6.07) is 9.14. The summed E-state index contributed by atoms with van der Waals surface area (Å²) in [5.41, 5.74) is 2.13. The molecule has 30 heavy (non-hydrogen) atoms. The molecular weight excluding hydrogens is 404 g/mol. The van der Waals surface area contributed by atoms with Gasteiger partial charge in [-0.15, -0.1) is 0 Å². The Hall–Kier alpha value is -2.70. The minimum atomic E-state index is -0.231. The fraction of sp³-hybridized carbons (Fsp3) is 0.348. The quantitative estimate of drug-likeness (QED) is 0.608. The first-order valence-electron chi connectivity index (χ1n) is 9.89. The van der Waals surface area contributed by atoms with Crippen LogP contribution in [0.5, 0.6) is 23.0 Å². The zero-order valence-electron chi connectivity index (χ0n) is 17.3. The Balaban J connectivity index is 1.95. The molecule has 1 aliphatic rings. The second-order valence-corrected chi connectivity index (χ2v) is 7.71. The van der Waals surface area contributed by atoms with Crippen LogP contribution in [0.1, 0.15) is 30.0 Å². The average Bonchev–Trinajstić information content (AvgIpc) is 3.30. The lowest BCUT2D eigenvalue weighted by Gasteiger charge is -2.30. The van der Waals surface area contributed by atoms with Crippen molar-refractivity contribution in [1.29, 1.82) is 0 Å². The first-order chi connectivity index (χ1) is 14.6. The zero-order valence-corrected chi connectivity index (χ0v) is 18.1. The minimum Gasteiger partial charge on any atom is -0.505 e. The number of aromatic nitrogens is 1. The van der Waals surface area contributed by atoms with E-state index in [4.69, 9.17) is 25.8 Å². The molecule has 0 saturated carbocycles. The van der Waals surface area contributed by atoms with E-state index in [0.29, 0.717) is 33.4 Å². The van der Waals surface area contributed by atoms with Gasteiger partial charge in [0.2, 0.25) is 5.75 Å². The van der Waals surface area contributed by atoms with Crippen LogP contribution in [-0.2, 0) is 0 Å². The first-order valence-corrected chi connectivity index (χ1v) is 10.3. The fourth-order valence-electron chi connectivity index (χ4n) is 4.26. The van der Waals surface area contributed by atoms with Gasteiger partial charge in [-0.3, -0.25) is 9.88 Å². The Morgan fingerprint density at radius 2 is 1.70 bits per heavy atom. The number of benzene rings is 2. The van der Waals surface area contributed by atoms with E-state index in [1.807, 2.05) is 30.3 Å². The van der Waals surface area contributed by atoms with Crippen molar-refractivity contribution >= 4 is 22.5 Å². The molecule has 7 heteroatoms. The van der Waals surface area contributed by atoms with Crippen LogP contribution in [0.2, 0.25) is 5.02 Å². The molecule has 0 aliphatic carbocycles. The molecule has 1 N–H and O–H groups in total. The fourth-order valence-corrected chi connectivity index (χ4v) is 4.53. The molecule has 2 heterocycles. The van der Waals surface area contributed by atoms with E-state index in [-0.39, 0.29) is 11.8 Å². The van der Waals surface area contributed by atoms with Crippen LogP contribution in [-0.4, -0.2) is 49.4 Å². The van der Waals surface area contributed by atoms with E-state index in [1.54, 1.807) is 27.5 Å². The van der Waals surface area contributed by atoms with Crippen molar-refractivity contribution in [2.45, 2.75) is 18.9 Å². The van der Waals surface area contributed by atoms with E-state index in [2.05, 4.69) is 9.88 Å². The molecule has 0 bridgehead atoms. The monoisotopic (exact) mass is 428 g/mol. The van der Waals surface area contributed by atoms with Gasteiger partial charge in [0.15, 0.2) is 11.5 Å². The number of hydrogen-bond donors (Lipinski definition) is 1. The van der Waals surface area contributed by atoms with Gasteiger partial charge in [-0.1, -0.05) is 11.6 Å². The Bertz CT molecular complexity index is 1040. The third kappa shape index (κ3) is 3.50. The van der Waals surface area contributed by atoms with Crippen molar-refractivity contribution in [3.63, 3.8) is 0 Å². The van der Waals surface area contributed by atoms with E-state index in [0.717, 1.165) is 36.9 Å². The molecule has 1 aromatic heterocycles. The van der Waals surface area contributed by atoms with Gasteiger partial charge in [0.05, 0.1) is 32.4 Å². The van der Waals surface area contributed by atoms with E-state index < -0.39 is 0 Å². The topological polar surface area (TPSA) is 64.1 Å². The highest BCUT2D eigenvalue weighted by molar-refractivity contribution is 6.35. The van der Waals surface area contributed by atoms with E-state index >= 15 is 0 Å². The molecule has 6 nitrogen and oxygen atoms in total. The van der Waals surface area contributed by atoms with Gasteiger partial charge >= 0.3 is 0 Å². The standard InChI is InChI=1S/C23H25ClN2O4/c1-28-18-11-14(12-19(29-2)23(18)30-3)21(26-9-4-5-10-26)16-13-17(24)15-7-6-8-25-20(15)22(16)27/h6-8,11-13,21,27H,4-5,9-10H2,1-3H3/t21-/m0/s1. The second kappa shape index (κ2) is 8.58. The molecule has 1 saturated heterocycles. The lowest BCUT2D eigenvalue weighted by Crippen LogP contribution is -2.27. The summed E-state index contributed by atoms with van der Waals surface area (Å²) in [5.74, 6) is 1.81. The highest BCUT2D eigenvalue weighted by Crippen LogP contribution is 2.46. The number of phenols is 1. The van der Waals surface area contributed by atoms with Gasteiger partial charge in [-0.2, -0.15) is 0 Å². The summed E-state index contributed by atoms with van der Waals surface area (Å²) in [6.45, 7) is 1.83. The lowest BCUT2D eigenvalue weighted by molar-refractivity contribution is 0.272. The highest BCUT2D eigenvalue weighted by atomic mass is 35.5. The molecule has 0 unspecified atom stereocenters. The number of rotatable bonds is 6. The maximum absolute atomic E-state index is 11.2. The summed E-state index contributed by atoms with van der Waals surface area (Å²) < 4.78 is 16.6. The molecule has 0 radical (unpaired) electrons. The summed E-state index contributed by atoms with van der Waals surface area (Å²) >= 11 is 6.60. The number of nitrogens with zero attached hydrogens (tertiary/aromatic N) is 2. The molecule has 1 atom stereocenters. The maximum atomic E-state index is 11.2. The Labute approximate surface area is 181 Å². The van der Waals surface area contributed by atoms with Crippen molar-refractivity contribution < 1.29 is 19.3 Å². The number of ether oxygens (including phenoxy) is 3. The zero-order chi connectivity index (χ0) is 21.3.